The van der Waals surface area contributed by atoms with Gasteiger partial charge in [0, 0.05) is 25.7 Å². The van der Waals surface area contributed by atoms with Crippen LogP contribution in [0.25, 0.3) is 0 Å². The Morgan fingerprint density at radius 2 is 2.00 bits per heavy atom. The number of rotatable bonds is 8. The lowest BCUT2D eigenvalue weighted by molar-refractivity contribution is 0.322. The van der Waals surface area contributed by atoms with Crippen molar-refractivity contribution in [1.82, 2.24) is 15.1 Å². The molecule has 0 aliphatic heterocycles. The van der Waals surface area contributed by atoms with Crippen LogP contribution in [0.3, 0.4) is 0 Å². The molecule has 1 N–H and O–H groups in total. The van der Waals surface area contributed by atoms with E-state index in [0.717, 1.165) is 25.1 Å². The van der Waals surface area contributed by atoms with Crippen LogP contribution in [0, 0.1) is 0 Å². The summed E-state index contributed by atoms with van der Waals surface area (Å²) in [6.07, 6.45) is 5.83. The highest BCUT2D eigenvalue weighted by Crippen LogP contribution is 2.14. The number of likely N-dealkylation sites (N-methyl/N-ethyl adjacent to an activating group) is 1. The van der Waals surface area contributed by atoms with Crippen LogP contribution in [0.2, 0.25) is 0 Å². The highest BCUT2D eigenvalue weighted by molar-refractivity contribution is 5.27. The molecule has 1 unspecified atom stereocenters. The standard InChI is InChI=1S/C17H25N3O/c1-4-18-14(2)11-15-5-7-17(8-6-15)21-10-9-16-12-19-20(3)13-16/h5-8,12-14,18H,4,9-11H2,1-3H3. The van der Waals surface area contributed by atoms with Crippen molar-refractivity contribution in [2.24, 2.45) is 7.05 Å². The summed E-state index contributed by atoms with van der Waals surface area (Å²) in [5.74, 6) is 0.929. The average Bonchev–Trinajstić information content (AvgIpc) is 2.87. The summed E-state index contributed by atoms with van der Waals surface area (Å²) in [6.45, 7) is 6.03. The first-order valence-electron chi connectivity index (χ1n) is 7.60. The molecule has 4 heteroatoms. The molecule has 0 spiro atoms. The first-order valence-corrected chi connectivity index (χ1v) is 7.60. The van der Waals surface area contributed by atoms with Gasteiger partial charge in [-0.25, -0.2) is 0 Å². The molecule has 2 aromatic rings. The largest absolute Gasteiger partial charge is 0.493 e. The highest BCUT2D eigenvalue weighted by Gasteiger charge is 2.02. The van der Waals surface area contributed by atoms with Gasteiger partial charge in [-0.15, -0.1) is 0 Å². The number of nitrogens with one attached hydrogen (secondary N) is 1. The topological polar surface area (TPSA) is 39.1 Å². The number of hydrogen-bond acceptors (Lipinski definition) is 3. The van der Waals surface area contributed by atoms with Gasteiger partial charge in [-0.1, -0.05) is 19.1 Å². The van der Waals surface area contributed by atoms with E-state index in [-0.39, 0.29) is 0 Å². The zero-order valence-electron chi connectivity index (χ0n) is 13.2. The van der Waals surface area contributed by atoms with Gasteiger partial charge in [0.1, 0.15) is 5.75 Å². The van der Waals surface area contributed by atoms with Crippen molar-refractivity contribution in [1.29, 1.82) is 0 Å². The van der Waals surface area contributed by atoms with Gasteiger partial charge in [-0.2, -0.15) is 5.10 Å². The molecule has 1 aromatic heterocycles. The van der Waals surface area contributed by atoms with Gasteiger partial charge in [0.2, 0.25) is 0 Å². The maximum Gasteiger partial charge on any atom is 0.119 e. The van der Waals surface area contributed by atoms with Crippen LogP contribution in [-0.2, 0) is 19.9 Å². The van der Waals surface area contributed by atoms with Crippen LogP contribution in [0.1, 0.15) is 25.0 Å². The lowest BCUT2D eigenvalue weighted by Gasteiger charge is -2.12. The van der Waals surface area contributed by atoms with Gasteiger partial charge in [0.25, 0.3) is 0 Å². The van der Waals surface area contributed by atoms with E-state index < -0.39 is 0 Å². The number of hydrogen-bond donors (Lipinski definition) is 1. The van der Waals surface area contributed by atoms with E-state index in [1.807, 2.05) is 24.1 Å². The van der Waals surface area contributed by atoms with E-state index in [2.05, 4.69) is 48.5 Å². The second-order valence-corrected chi connectivity index (χ2v) is 5.43. The zero-order valence-corrected chi connectivity index (χ0v) is 13.2. The molecule has 0 aliphatic rings. The molecule has 0 amide bonds. The van der Waals surface area contributed by atoms with Crippen molar-refractivity contribution in [2.75, 3.05) is 13.2 Å². The average molecular weight is 287 g/mol. The molecule has 1 atom stereocenters. The Hall–Kier alpha value is -1.81. The molecule has 114 valence electrons. The maximum atomic E-state index is 5.77. The highest BCUT2D eigenvalue weighted by atomic mass is 16.5. The van der Waals surface area contributed by atoms with Crippen molar-refractivity contribution in [3.8, 4) is 5.75 Å². The fraction of sp³-hybridized carbons (Fsp3) is 0.471. The van der Waals surface area contributed by atoms with Gasteiger partial charge in [-0.05, 0) is 43.1 Å². The van der Waals surface area contributed by atoms with Crippen molar-refractivity contribution in [3.63, 3.8) is 0 Å². The van der Waals surface area contributed by atoms with Crippen LogP contribution in [0.4, 0.5) is 0 Å². The van der Waals surface area contributed by atoms with Crippen LogP contribution in [-0.4, -0.2) is 29.0 Å². The third kappa shape index (κ3) is 5.23. The zero-order chi connectivity index (χ0) is 15.1. The fourth-order valence-electron chi connectivity index (χ4n) is 2.38. The number of benzene rings is 1. The minimum absolute atomic E-state index is 0.507. The first-order chi connectivity index (χ1) is 10.2. The minimum atomic E-state index is 0.507. The Kier molecular flexibility index (Phi) is 5.81. The Morgan fingerprint density at radius 3 is 2.62 bits per heavy atom. The van der Waals surface area contributed by atoms with Crippen LogP contribution in [0.15, 0.2) is 36.7 Å². The molecule has 0 radical (unpaired) electrons. The number of aryl methyl sites for hydroxylation is 1. The van der Waals surface area contributed by atoms with Crippen molar-refractivity contribution >= 4 is 0 Å². The molecule has 21 heavy (non-hydrogen) atoms. The van der Waals surface area contributed by atoms with Gasteiger partial charge >= 0.3 is 0 Å². The monoisotopic (exact) mass is 287 g/mol. The molecule has 4 nitrogen and oxygen atoms in total. The molecular formula is C17H25N3O. The predicted octanol–water partition coefficient (Wildman–Crippen LogP) is 2.58. The quantitative estimate of drug-likeness (QED) is 0.811. The van der Waals surface area contributed by atoms with Gasteiger partial charge in [0.05, 0.1) is 12.8 Å². The summed E-state index contributed by atoms with van der Waals surface area (Å²) >= 11 is 0. The first kappa shape index (κ1) is 15.6. The van der Waals surface area contributed by atoms with Crippen molar-refractivity contribution in [2.45, 2.75) is 32.7 Å². The molecule has 0 saturated carbocycles. The van der Waals surface area contributed by atoms with E-state index >= 15 is 0 Å². The lowest BCUT2D eigenvalue weighted by atomic mass is 10.1. The molecule has 1 heterocycles. The second kappa shape index (κ2) is 7.84. The second-order valence-electron chi connectivity index (χ2n) is 5.43. The van der Waals surface area contributed by atoms with Crippen molar-refractivity contribution in [3.05, 3.63) is 47.8 Å². The SMILES string of the molecule is CCNC(C)Cc1ccc(OCCc2cnn(C)c2)cc1. The van der Waals surface area contributed by atoms with Gasteiger partial charge in [-0.3, -0.25) is 4.68 Å². The smallest absolute Gasteiger partial charge is 0.119 e. The number of ether oxygens (including phenoxy) is 1. The molecule has 2 rings (SSSR count). The minimum Gasteiger partial charge on any atom is -0.493 e. The number of nitrogens with zero attached hydrogens (tertiary/aromatic N) is 2. The summed E-state index contributed by atoms with van der Waals surface area (Å²) in [4.78, 5) is 0. The van der Waals surface area contributed by atoms with Crippen molar-refractivity contribution < 1.29 is 4.74 Å². The van der Waals surface area contributed by atoms with Crippen LogP contribution in [0.5, 0.6) is 5.75 Å². The molecule has 0 fully saturated rings. The maximum absolute atomic E-state index is 5.77. The van der Waals surface area contributed by atoms with E-state index in [1.165, 1.54) is 11.1 Å². The number of aromatic nitrogens is 2. The summed E-state index contributed by atoms with van der Waals surface area (Å²) in [5.41, 5.74) is 2.54. The van der Waals surface area contributed by atoms with E-state index in [0.29, 0.717) is 12.6 Å². The normalized spacial score (nSPS) is 12.3. The Balaban J connectivity index is 1.76. The Labute approximate surface area is 127 Å². The van der Waals surface area contributed by atoms with Crippen LogP contribution >= 0.6 is 0 Å². The molecule has 0 saturated heterocycles. The molecule has 1 aromatic carbocycles. The fourth-order valence-corrected chi connectivity index (χ4v) is 2.38. The van der Waals surface area contributed by atoms with E-state index in [1.54, 1.807) is 0 Å². The Bertz CT molecular complexity index is 533. The third-order valence-electron chi connectivity index (χ3n) is 3.44. The molecule has 0 bridgehead atoms. The lowest BCUT2D eigenvalue weighted by Crippen LogP contribution is -2.27. The predicted molar refractivity (Wildman–Crippen MR) is 85.7 cm³/mol. The van der Waals surface area contributed by atoms with Gasteiger partial charge < -0.3 is 10.1 Å². The van der Waals surface area contributed by atoms with Crippen LogP contribution < -0.4 is 10.1 Å². The summed E-state index contributed by atoms with van der Waals surface area (Å²) in [6, 6.07) is 8.90. The summed E-state index contributed by atoms with van der Waals surface area (Å²) in [5, 5.41) is 7.58. The summed E-state index contributed by atoms with van der Waals surface area (Å²) < 4.78 is 7.59. The van der Waals surface area contributed by atoms with Gasteiger partial charge in [0.15, 0.2) is 0 Å². The van der Waals surface area contributed by atoms with E-state index in [9.17, 15) is 0 Å². The third-order valence-corrected chi connectivity index (χ3v) is 3.44. The Morgan fingerprint density at radius 1 is 1.24 bits per heavy atom. The molecular weight excluding hydrogens is 262 g/mol. The molecule has 0 aliphatic carbocycles. The van der Waals surface area contributed by atoms with E-state index in [4.69, 9.17) is 4.74 Å². The summed E-state index contributed by atoms with van der Waals surface area (Å²) in [7, 11) is 1.93.